The molecule has 1 unspecified atom stereocenters. The molecule has 3 N–H and O–H groups in total. The summed E-state index contributed by atoms with van der Waals surface area (Å²) in [5, 5.41) is 11.4. The zero-order valence-corrected chi connectivity index (χ0v) is 20.3. The van der Waals surface area contributed by atoms with Crippen molar-refractivity contribution in [2.24, 2.45) is 11.8 Å². The van der Waals surface area contributed by atoms with E-state index in [-0.39, 0.29) is 18.6 Å². The van der Waals surface area contributed by atoms with Crippen molar-refractivity contribution < 1.29 is 14.6 Å². The Kier molecular flexibility index (Phi) is 7.83. The summed E-state index contributed by atoms with van der Waals surface area (Å²) >= 11 is 6.06. The van der Waals surface area contributed by atoms with E-state index in [2.05, 4.69) is 31.7 Å². The van der Waals surface area contributed by atoms with Crippen molar-refractivity contribution in [3.05, 3.63) is 63.2 Å². The van der Waals surface area contributed by atoms with Crippen LogP contribution in [0.15, 0.2) is 30.3 Å². The first-order chi connectivity index (χ1) is 15.1. The number of likely N-dealkylation sites (tertiary alicyclic amines) is 1. The fourth-order valence-electron chi connectivity index (χ4n) is 4.18. The summed E-state index contributed by atoms with van der Waals surface area (Å²) in [7, 11) is 0. The van der Waals surface area contributed by atoms with E-state index in [0.29, 0.717) is 23.0 Å². The molecule has 6 nitrogen and oxygen atoms in total. The molecule has 1 aliphatic heterocycles. The maximum Gasteiger partial charge on any atom is 0.267 e. The molecule has 1 heterocycles. The molecule has 2 atom stereocenters. The van der Waals surface area contributed by atoms with Gasteiger partial charge in [0.25, 0.3) is 5.91 Å². The van der Waals surface area contributed by atoms with Gasteiger partial charge in [-0.25, -0.2) is 5.84 Å². The lowest BCUT2D eigenvalue weighted by atomic mass is 9.91. The van der Waals surface area contributed by atoms with E-state index in [4.69, 9.17) is 22.2 Å². The molecule has 3 rings (SSSR count). The molecule has 32 heavy (non-hydrogen) atoms. The Morgan fingerprint density at radius 2 is 1.91 bits per heavy atom. The molecule has 1 aliphatic rings. The summed E-state index contributed by atoms with van der Waals surface area (Å²) in [6.45, 7) is 12.5. The van der Waals surface area contributed by atoms with Crippen molar-refractivity contribution >= 4 is 17.5 Å². The first-order valence-electron chi connectivity index (χ1n) is 11.1. The third-order valence-corrected chi connectivity index (χ3v) is 6.79. The largest absolute Gasteiger partial charge is 0.491 e. The van der Waals surface area contributed by atoms with E-state index < -0.39 is 6.10 Å². The topological polar surface area (TPSA) is 79.0 Å². The molecule has 2 aromatic rings. The summed E-state index contributed by atoms with van der Waals surface area (Å²) in [6, 6.07) is 9.58. The zero-order valence-electron chi connectivity index (χ0n) is 19.6. The molecule has 0 spiro atoms. The third kappa shape index (κ3) is 5.44. The molecular weight excluding hydrogens is 426 g/mol. The molecule has 0 bridgehead atoms. The molecule has 1 saturated heterocycles. The van der Waals surface area contributed by atoms with Gasteiger partial charge in [-0.15, -0.1) is 0 Å². The molecule has 0 radical (unpaired) electrons. The van der Waals surface area contributed by atoms with Gasteiger partial charge in [-0.1, -0.05) is 17.7 Å². The Bertz CT molecular complexity index is 973. The van der Waals surface area contributed by atoms with Gasteiger partial charge in [0.05, 0.1) is 6.10 Å². The summed E-state index contributed by atoms with van der Waals surface area (Å²) < 4.78 is 5.73. The van der Waals surface area contributed by atoms with Crippen LogP contribution in [0.25, 0.3) is 0 Å². The number of nitrogens with two attached hydrogens (primary N) is 1. The van der Waals surface area contributed by atoms with Gasteiger partial charge in [0.1, 0.15) is 12.4 Å². The average Bonchev–Trinajstić information content (AvgIpc) is 2.72. The molecule has 7 heteroatoms. The number of halogens is 1. The molecule has 0 aromatic heterocycles. The Hall–Kier alpha value is -2.12. The number of ether oxygens (including phenoxy) is 1. The first kappa shape index (κ1) is 24.5. The van der Waals surface area contributed by atoms with Crippen LogP contribution in [0.2, 0.25) is 5.02 Å². The van der Waals surface area contributed by atoms with Gasteiger partial charge in [0.15, 0.2) is 0 Å². The lowest BCUT2D eigenvalue weighted by molar-refractivity contribution is 0.0315. The Labute approximate surface area is 195 Å². The highest BCUT2D eigenvalue weighted by atomic mass is 35.5. The number of nitrogens with zero attached hydrogens (tertiary/aromatic N) is 2. The number of aryl methyl sites for hydroxylation is 1. The number of hydrazine groups is 1. The van der Waals surface area contributed by atoms with E-state index in [1.807, 2.05) is 13.0 Å². The van der Waals surface area contributed by atoms with Crippen LogP contribution in [0.3, 0.4) is 0 Å². The molecule has 1 fully saturated rings. The maximum atomic E-state index is 12.6. The third-order valence-electron chi connectivity index (χ3n) is 6.36. The van der Waals surface area contributed by atoms with Gasteiger partial charge in [0.2, 0.25) is 0 Å². The van der Waals surface area contributed by atoms with Crippen LogP contribution < -0.4 is 10.6 Å². The number of amides is 1. The standard InChI is InChI=1S/C25H34ClN3O3/c1-15-10-21(6-8-23(15)26)25(31)29(27)13-20-11-28(12-20)19(5)22-7-9-24(18(4)17(22)3)32-14-16(2)30/h6-10,16,19-20,30H,11-14,27H2,1-5H3/t16-,19?/m1/s1. The predicted octanol–water partition coefficient (Wildman–Crippen LogP) is 4.03. The van der Waals surface area contributed by atoms with Crippen molar-refractivity contribution in [1.29, 1.82) is 0 Å². The molecule has 2 aromatic carbocycles. The monoisotopic (exact) mass is 459 g/mol. The van der Waals surface area contributed by atoms with Crippen LogP contribution in [0.1, 0.15) is 52.5 Å². The van der Waals surface area contributed by atoms with Crippen molar-refractivity contribution in [3.63, 3.8) is 0 Å². The fourth-order valence-corrected chi connectivity index (χ4v) is 4.30. The van der Waals surface area contributed by atoms with Crippen molar-refractivity contribution in [2.45, 2.75) is 46.8 Å². The number of hydrogen-bond donors (Lipinski definition) is 2. The summed E-state index contributed by atoms with van der Waals surface area (Å²) in [6.07, 6.45) is -0.496. The van der Waals surface area contributed by atoms with Crippen LogP contribution in [0.5, 0.6) is 5.75 Å². The normalized spacial score (nSPS) is 16.4. The summed E-state index contributed by atoms with van der Waals surface area (Å²) in [5.74, 6) is 7.06. The number of carbonyl (C=O) groups excluding carboxylic acids is 1. The number of benzene rings is 2. The summed E-state index contributed by atoms with van der Waals surface area (Å²) in [4.78, 5) is 15.0. The highest BCUT2D eigenvalue weighted by Crippen LogP contribution is 2.34. The van der Waals surface area contributed by atoms with Crippen LogP contribution in [-0.2, 0) is 0 Å². The predicted molar refractivity (Wildman–Crippen MR) is 128 cm³/mol. The van der Waals surface area contributed by atoms with E-state index >= 15 is 0 Å². The second-order valence-corrected chi connectivity index (χ2v) is 9.39. The minimum atomic E-state index is -0.496. The van der Waals surface area contributed by atoms with Crippen molar-refractivity contribution in [2.75, 3.05) is 26.2 Å². The molecule has 0 aliphatic carbocycles. The Morgan fingerprint density at radius 1 is 1.22 bits per heavy atom. The lowest BCUT2D eigenvalue weighted by Gasteiger charge is -2.45. The highest BCUT2D eigenvalue weighted by molar-refractivity contribution is 6.31. The smallest absolute Gasteiger partial charge is 0.267 e. The number of aliphatic hydroxyl groups is 1. The average molecular weight is 460 g/mol. The molecule has 174 valence electrons. The molecule has 1 amide bonds. The van der Waals surface area contributed by atoms with Crippen LogP contribution in [0, 0.1) is 26.7 Å². The van der Waals surface area contributed by atoms with Gasteiger partial charge in [-0.2, -0.15) is 0 Å². The van der Waals surface area contributed by atoms with Crippen molar-refractivity contribution in [1.82, 2.24) is 9.91 Å². The quantitative estimate of drug-likeness (QED) is 0.354. The zero-order chi connectivity index (χ0) is 23.6. The minimum Gasteiger partial charge on any atom is -0.491 e. The van der Waals surface area contributed by atoms with E-state index in [1.54, 1.807) is 25.1 Å². The van der Waals surface area contributed by atoms with Gasteiger partial charge in [0, 0.05) is 42.2 Å². The maximum absolute atomic E-state index is 12.6. The fraction of sp³-hybridized carbons (Fsp3) is 0.480. The van der Waals surface area contributed by atoms with E-state index in [1.165, 1.54) is 16.1 Å². The van der Waals surface area contributed by atoms with Gasteiger partial charge in [-0.3, -0.25) is 14.7 Å². The van der Waals surface area contributed by atoms with E-state index in [9.17, 15) is 9.90 Å². The Balaban J connectivity index is 1.56. The van der Waals surface area contributed by atoms with E-state index in [0.717, 1.165) is 30.0 Å². The van der Waals surface area contributed by atoms with Gasteiger partial charge in [-0.05, 0) is 81.1 Å². The molecular formula is C25H34ClN3O3. The van der Waals surface area contributed by atoms with Gasteiger partial charge >= 0.3 is 0 Å². The number of rotatable bonds is 8. The number of hydrogen-bond acceptors (Lipinski definition) is 5. The van der Waals surface area contributed by atoms with Crippen LogP contribution in [0.4, 0.5) is 0 Å². The van der Waals surface area contributed by atoms with Crippen LogP contribution >= 0.6 is 11.6 Å². The van der Waals surface area contributed by atoms with Crippen molar-refractivity contribution in [3.8, 4) is 5.75 Å². The lowest BCUT2D eigenvalue weighted by Crippen LogP contribution is -2.54. The Morgan fingerprint density at radius 3 is 2.53 bits per heavy atom. The number of carbonyl (C=O) groups is 1. The first-order valence-corrected chi connectivity index (χ1v) is 11.4. The minimum absolute atomic E-state index is 0.185. The number of aliphatic hydroxyl groups excluding tert-OH is 1. The SMILES string of the molecule is Cc1cc(C(=O)N(N)CC2CN(C(C)c3ccc(OC[C@@H](C)O)c(C)c3C)C2)ccc1Cl. The van der Waals surface area contributed by atoms with Gasteiger partial charge < -0.3 is 9.84 Å². The summed E-state index contributed by atoms with van der Waals surface area (Å²) in [5.41, 5.74) is 5.00. The molecule has 0 saturated carbocycles. The van der Waals surface area contributed by atoms with Crippen LogP contribution in [-0.4, -0.2) is 53.3 Å². The highest BCUT2D eigenvalue weighted by Gasteiger charge is 2.33. The second-order valence-electron chi connectivity index (χ2n) is 8.98. The second kappa shape index (κ2) is 10.2.